The van der Waals surface area contributed by atoms with Gasteiger partial charge in [0.2, 0.25) is 11.8 Å². The second-order valence-corrected chi connectivity index (χ2v) is 8.49. The van der Waals surface area contributed by atoms with E-state index < -0.39 is 6.04 Å². The van der Waals surface area contributed by atoms with Gasteiger partial charge in [-0.05, 0) is 47.5 Å². The van der Waals surface area contributed by atoms with E-state index in [-0.39, 0.29) is 37.3 Å². The molecule has 2 heterocycles. The molecule has 37 heavy (non-hydrogen) atoms. The number of nitrogens with zero attached hydrogens (tertiary/aromatic N) is 4. The Labute approximate surface area is 212 Å². The number of furan rings is 1. The highest BCUT2D eigenvalue weighted by atomic mass is 19.1. The van der Waals surface area contributed by atoms with Crippen molar-refractivity contribution in [3.8, 4) is 0 Å². The molecule has 0 saturated heterocycles. The van der Waals surface area contributed by atoms with Crippen molar-refractivity contribution in [2.75, 3.05) is 0 Å². The Morgan fingerprint density at radius 1 is 0.946 bits per heavy atom. The van der Waals surface area contributed by atoms with Crippen LogP contribution in [0, 0.1) is 5.82 Å². The molecule has 0 unspecified atom stereocenters. The van der Waals surface area contributed by atoms with Gasteiger partial charge in [-0.25, -0.2) is 9.07 Å². The molecule has 0 aliphatic rings. The van der Waals surface area contributed by atoms with Gasteiger partial charge in [0, 0.05) is 6.54 Å². The summed E-state index contributed by atoms with van der Waals surface area (Å²) in [6, 6.07) is 24.9. The first-order valence-electron chi connectivity index (χ1n) is 11.8. The van der Waals surface area contributed by atoms with Crippen LogP contribution in [0.15, 0.2) is 102 Å². The lowest BCUT2D eigenvalue weighted by Gasteiger charge is -2.31. The van der Waals surface area contributed by atoms with E-state index in [0.717, 1.165) is 5.56 Å². The standard InChI is InChI=1S/C28H24FN5O3/c29-22-14-12-20(13-15-22)17-30-28(36)27(21-7-2-1-3-8-21)33(18-23-9-6-16-37-23)26(35)19-34-25-11-5-4-10-24(25)31-32-34/h1-16,27H,17-19H2,(H,30,36)/t27-/m1/s1. The van der Waals surface area contributed by atoms with Crippen LogP contribution in [0.1, 0.15) is 22.9 Å². The first-order chi connectivity index (χ1) is 18.1. The van der Waals surface area contributed by atoms with Crippen molar-refractivity contribution in [2.24, 2.45) is 0 Å². The van der Waals surface area contributed by atoms with E-state index in [2.05, 4.69) is 15.6 Å². The van der Waals surface area contributed by atoms with Crippen LogP contribution in [0.4, 0.5) is 4.39 Å². The number of hydrogen-bond acceptors (Lipinski definition) is 5. The second-order valence-electron chi connectivity index (χ2n) is 8.49. The van der Waals surface area contributed by atoms with E-state index in [1.54, 1.807) is 36.4 Å². The van der Waals surface area contributed by atoms with Crippen LogP contribution in [0.2, 0.25) is 0 Å². The minimum absolute atomic E-state index is 0.0714. The zero-order valence-electron chi connectivity index (χ0n) is 19.8. The fraction of sp³-hybridized carbons (Fsp3) is 0.143. The first kappa shape index (κ1) is 23.9. The van der Waals surface area contributed by atoms with Gasteiger partial charge in [0.05, 0.1) is 18.3 Å². The topological polar surface area (TPSA) is 93.3 Å². The molecular weight excluding hydrogens is 473 g/mol. The highest BCUT2D eigenvalue weighted by Crippen LogP contribution is 2.25. The van der Waals surface area contributed by atoms with Crippen molar-refractivity contribution in [3.05, 3.63) is 120 Å². The lowest BCUT2D eigenvalue weighted by atomic mass is 10.0. The number of para-hydroxylation sites is 1. The number of carbonyl (C=O) groups excluding carboxylic acids is 2. The molecule has 2 amide bonds. The van der Waals surface area contributed by atoms with E-state index in [0.29, 0.717) is 22.4 Å². The Balaban J connectivity index is 1.46. The van der Waals surface area contributed by atoms with Crippen LogP contribution in [-0.2, 0) is 29.2 Å². The van der Waals surface area contributed by atoms with Gasteiger partial charge in [0.25, 0.3) is 0 Å². The highest BCUT2D eigenvalue weighted by Gasteiger charge is 2.32. The summed E-state index contributed by atoms with van der Waals surface area (Å²) in [5.74, 6) is -0.533. The Hall–Kier alpha value is -4.79. The lowest BCUT2D eigenvalue weighted by Crippen LogP contribution is -2.44. The summed E-state index contributed by atoms with van der Waals surface area (Å²) in [6.07, 6.45) is 1.52. The average molecular weight is 498 g/mol. The molecule has 0 radical (unpaired) electrons. The third kappa shape index (κ3) is 5.56. The number of rotatable bonds is 9. The second kappa shape index (κ2) is 10.9. The monoisotopic (exact) mass is 497 g/mol. The van der Waals surface area contributed by atoms with Gasteiger partial charge in [-0.15, -0.1) is 5.10 Å². The molecular formula is C28H24FN5O3. The number of benzene rings is 3. The van der Waals surface area contributed by atoms with E-state index >= 15 is 0 Å². The number of amides is 2. The quantitative estimate of drug-likeness (QED) is 0.329. The third-order valence-corrected chi connectivity index (χ3v) is 5.99. The van der Waals surface area contributed by atoms with Gasteiger partial charge in [-0.3, -0.25) is 9.59 Å². The molecule has 0 bridgehead atoms. The number of nitrogens with one attached hydrogen (secondary N) is 1. The van der Waals surface area contributed by atoms with Crippen LogP contribution >= 0.6 is 0 Å². The molecule has 0 aliphatic heterocycles. The van der Waals surface area contributed by atoms with Crippen molar-refractivity contribution in [3.63, 3.8) is 0 Å². The van der Waals surface area contributed by atoms with Gasteiger partial charge in [-0.1, -0.05) is 59.8 Å². The molecule has 5 aromatic rings. The molecule has 2 aromatic heterocycles. The molecule has 0 fully saturated rings. The maximum absolute atomic E-state index is 13.8. The van der Waals surface area contributed by atoms with E-state index in [1.165, 1.54) is 28.0 Å². The molecule has 0 saturated carbocycles. The lowest BCUT2D eigenvalue weighted by molar-refractivity contribution is -0.142. The van der Waals surface area contributed by atoms with E-state index in [1.807, 2.05) is 42.5 Å². The third-order valence-electron chi connectivity index (χ3n) is 5.99. The minimum Gasteiger partial charge on any atom is -0.467 e. The summed E-state index contributed by atoms with van der Waals surface area (Å²) in [5, 5.41) is 11.2. The fourth-order valence-electron chi connectivity index (χ4n) is 4.14. The largest absolute Gasteiger partial charge is 0.467 e. The molecule has 5 rings (SSSR count). The summed E-state index contributed by atoms with van der Waals surface area (Å²) in [7, 11) is 0. The highest BCUT2D eigenvalue weighted by molar-refractivity contribution is 5.89. The molecule has 1 N–H and O–H groups in total. The predicted octanol–water partition coefficient (Wildman–Crippen LogP) is 4.25. The maximum Gasteiger partial charge on any atom is 0.247 e. The van der Waals surface area contributed by atoms with Crippen molar-refractivity contribution >= 4 is 22.8 Å². The van der Waals surface area contributed by atoms with Crippen LogP contribution in [0.3, 0.4) is 0 Å². The number of fused-ring (bicyclic) bond motifs is 1. The number of aromatic nitrogens is 3. The van der Waals surface area contributed by atoms with Gasteiger partial charge >= 0.3 is 0 Å². The zero-order valence-corrected chi connectivity index (χ0v) is 19.8. The molecule has 3 aromatic carbocycles. The maximum atomic E-state index is 13.8. The van der Waals surface area contributed by atoms with Gasteiger partial charge in [0.15, 0.2) is 0 Å². The van der Waals surface area contributed by atoms with E-state index in [9.17, 15) is 14.0 Å². The van der Waals surface area contributed by atoms with Crippen LogP contribution in [0.5, 0.6) is 0 Å². The molecule has 1 atom stereocenters. The van der Waals surface area contributed by atoms with Crippen molar-refractivity contribution < 1.29 is 18.4 Å². The number of hydrogen-bond donors (Lipinski definition) is 1. The number of carbonyl (C=O) groups is 2. The molecule has 186 valence electrons. The average Bonchev–Trinajstić information content (AvgIpc) is 3.59. The molecule has 0 spiro atoms. The molecule has 0 aliphatic carbocycles. The van der Waals surface area contributed by atoms with E-state index in [4.69, 9.17) is 4.42 Å². The molecule has 9 heteroatoms. The molecule has 8 nitrogen and oxygen atoms in total. The minimum atomic E-state index is -0.950. The summed E-state index contributed by atoms with van der Waals surface area (Å²) in [6.45, 7) is 0.136. The Morgan fingerprint density at radius 2 is 1.70 bits per heavy atom. The summed E-state index contributed by atoms with van der Waals surface area (Å²) < 4.78 is 20.4. The number of halogens is 1. The van der Waals surface area contributed by atoms with Gasteiger partial charge < -0.3 is 14.6 Å². The van der Waals surface area contributed by atoms with Crippen LogP contribution in [-0.4, -0.2) is 31.7 Å². The zero-order chi connectivity index (χ0) is 25.6. The Bertz CT molecular complexity index is 1480. The van der Waals surface area contributed by atoms with Crippen LogP contribution < -0.4 is 5.32 Å². The predicted molar refractivity (Wildman–Crippen MR) is 134 cm³/mol. The van der Waals surface area contributed by atoms with Gasteiger partial charge in [-0.2, -0.15) is 0 Å². The van der Waals surface area contributed by atoms with Crippen molar-refractivity contribution in [1.82, 2.24) is 25.2 Å². The van der Waals surface area contributed by atoms with Crippen molar-refractivity contribution in [1.29, 1.82) is 0 Å². The summed E-state index contributed by atoms with van der Waals surface area (Å²) in [5.41, 5.74) is 2.76. The van der Waals surface area contributed by atoms with Gasteiger partial charge in [0.1, 0.15) is 29.7 Å². The first-order valence-corrected chi connectivity index (χ1v) is 11.8. The Kier molecular flexibility index (Phi) is 7.02. The SMILES string of the molecule is O=C(NCc1ccc(F)cc1)[C@@H](c1ccccc1)N(Cc1ccco1)C(=O)Cn1nnc2ccccc21. The summed E-state index contributed by atoms with van der Waals surface area (Å²) in [4.78, 5) is 28.9. The fourth-order valence-corrected chi connectivity index (χ4v) is 4.14. The summed E-state index contributed by atoms with van der Waals surface area (Å²) >= 11 is 0. The smallest absolute Gasteiger partial charge is 0.247 e. The normalized spacial score (nSPS) is 11.8. The Morgan fingerprint density at radius 3 is 2.46 bits per heavy atom. The van der Waals surface area contributed by atoms with Crippen molar-refractivity contribution in [2.45, 2.75) is 25.7 Å². The van der Waals surface area contributed by atoms with Crippen LogP contribution in [0.25, 0.3) is 11.0 Å².